The Morgan fingerprint density at radius 2 is 2.00 bits per heavy atom. The van der Waals surface area contributed by atoms with Gasteiger partial charge in [0.1, 0.15) is 17.8 Å². The van der Waals surface area contributed by atoms with Crippen molar-refractivity contribution in [2.75, 3.05) is 12.0 Å². The van der Waals surface area contributed by atoms with Crippen LogP contribution in [0.25, 0.3) is 0 Å². The number of nitrogens with one attached hydrogen (secondary N) is 1. The molecule has 0 aromatic heterocycles. The average molecular weight is 311 g/mol. The minimum absolute atomic E-state index is 0.0191. The Kier molecular flexibility index (Phi) is 4.42. The van der Waals surface area contributed by atoms with Crippen LogP contribution in [-0.2, 0) is 9.59 Å². The van der Waals surface area contributed by atoms with E-state index in [0.29, 0.717) is 16.5 Å². The third-order valence-corrected chi connectivity index (χ3v) is 3.96. The number of hydrogen-bond acceptors (Lipinski definition) is 3. The van der Waals surface area contributed by atoms with Crippen molar-refractivity contribution in [1.82, 2.24) is 5.32 Å². The Balaban J connectivity index is 2.43. The third-order valence-electron chi connectivity index (χ3n) is 3.65. The first-order valence-electron chi connectivity index (χ1n) is 6.83. The fraction of sp³-hybridized carbons (Fsp3) is 0.467. The van der Waals surface area contributed by atoms with Crippen LogP contribution in [0.3, 0.4) is 0 Å². The minimum atomic E-state index is -0.571. The fourth-order valence-corrected chi connectivity index (χ4v) is 2.59. The number of halogens is 1. The van der Waals surface area contributed by atoms with Crippen molar-refractivity contribution in [3.05, 3.63) is 23.2 Å². The summed E-state index contributed by atoms with van der Waals surface area (Å²) in [6, 6.07) is 3.96. The van der Waals surface area contributed by atoms with Crippen LogP contribution in [0.5, 0.6) is 5.75 Å². The number of benzene rings is 1. The van der Waals surface area contributed by atoms with Crippen molar-refractivity contribution in [1.29, 1.82) is 0 Å². The summed E-state index contributed by atoms with van der Waals surface area (Å²) in [7, 11) is 1.51. The van der Waals surface area contributed by atoms with E-state index in [1.54, 1.807) is 25.1 Å². The van der Waals surface area contributed by atoms with E-state index in [4.69, 9.17) is 16.3 Å². The summed E-state index contributed by atoms with van der Waals surface area (Å²) in [6.07, 6.45) is 0. The van der Waals surface area contributed by atoms with E-state index < -0.39 is 12.1 Å². The van der Waals surface area contributed by atoms with E-state index >= 15 is 0 Å². The van der Waals surface area contributed by atoms with Gasteiger partial charge in [0.05, 0.1) is 12.1 Å². The zero-order valence-electron chi connectivity index (χ0n) is 12.5. The first-order chi connectivity index (χ1) is 9.86. The molecule has 0 spiro atoms. The highest BCUT2D eigenvalue weighted by Crippen LogP contribution is 2.32. The smallest absolute Gasteiger partial charge is 0.250 e. The lowest BCUT2D eigenvalue weighted by Crippen LogP contribution is -2.64. The van der Waals surface area contributed by atoms with E-state index in [-0.39, 0.29) is 17.7 Å². The molecule has 2 amide bonds. The summed E-state index contributed by atoms with van der Waals surface area (Å²) in [5.74, 6) is 0.204. The van der Waals surface area contributed by atoms with Gasteiger partial charge >= 0.3 is 0 Å². The molecule has 2 rings (SSSR count). The Labute approximate surface area is 129 Å². The summed E-state index contributed by atoms with van der Waals surface area (Å²) in [4.78, 5) is 26.2. The Hall–Kier alpha value is -1.75. The molecule has 114 valence electrons. The summed E-state index contributed by atoms with van der Waals surface area (Å²) < 4.78 is 5.18. The van der Waals surface area contributed by atoms with Gasteiger partial charge in [-0.05, 0) is 25.0 Å². The summed E-state index contributed by atoms with van der Waals surface area (Å²) in [5, 5.41) is 3.23. The zero-order valence-corrected chi connectivity index (χ0v) is 13.3. The Morgan fingerprint density at radius 3 is 2.57 bits per heavy atom. The van der Waals surface area contributed by atoms with E-state index in [9.17, 15) is 9.59 Å². The topological polar surface area (TPSA) is 58.6 Å². The van der Waals surface area contributed by atoms with Crippen molar-refractivity contribution in [2.24, 2.45) is 5.92 Å². The molecule has 1 aliphatic heterocycles. The van der Waals surface area contributed by atoms with E-state index in [1.165, 1.54) is 12.0 Å². The van der Waals surface area contributed by atoms with Gasteiger partial charge in [0.2, 0.25) is 5.91 Å². The lowest BCUT2D eigenvalue weighted by Gasteiger charge is -2.38. The van der Waals surface area contributed by atoms with Gasteiger partial charge in [-0.3, -0.25) is 14.5 Å². The van der Waals surface area contributed by atoms with Gasteiger partial charge in [0.15, 0.2) is 0 Å². The lowest BCUT2D eigenvalue weighted by molar-refractivity contribution is -0.134. The second-order valence-electron chi connectivity index (χ2n) is 5.43. The maximum Gasteiger partial charge on any atom is 0.250 e. The number of methoxy groups -OCH3 is 1. The molecule has 0 bridgehead atoms. The van der Waals surface area contributed by atoms with Gasteiger partial charge in [0, 0.05) is 11.8 Å². The predicted molar refractivity (Wildman–Crippen MR) is 81.7 cm³/mol. The molecule has 0 saturated carbocycles. The van der Waals surface area contributed by atoms with Crippen LogP contribution in [0.2, 0.25) is 5.02 Å². The lowest BCUT2D eigenvalue weighted by atomic mass is 9.98. The molecule has 1 N–H and O–H groups in total. The zero-order chi connectivity index (χ0) is 15.7. The van der Waals surface area contributed by atoms with Crippen molar-refractivity contribution < 1.29 is 14.3 Å². The molecule has 2 unspecified atom stereocenters. The molecule has 1 aliphatic rings. The van der Waals surface area contributed by atoms with Crippen LogP contribution in [0.4, 0.5) is 5.69 Å². The molecule has 6 heteroatoms. The number of rotatable bonds is 3. The van der Waals surface area contributed by atoms with Gasteiger partial charge in [-0.25, -0.2) is 0 Å². The van der Waals surface area contributed by atoms with Crippen molar-refractivity contribution in [2.45, 2.75) is 32.9 Å². The SMILES string of the molecule is COc1cc(N2C(=O)C(C(C)C)NC(=O)C2C)ccc1Cl. The van der Waals surface area contributed by atoms with Crippen LogP contribution in [0.1, 0.15) is 20.8 Å². The maximum absolute atomic E-state index is 12.6. The molecule has 1 aromatic rings. The molecular weight excluding hydrogens is 292 g/mol. The molecule has 0 aliphatic carbocycles. The number of hydrogen-bond donors (Lipinski definition) is 1. The summed E-state index contributed by atoms with van der Waals surface area (Å²) >= 11 is 6.01. The molecule has 21 heavy (non-hydrogen) atoms. The Morgan fingerprint density at radius 1 is 1.33 bits per heavy atom. The highest BCUT2D eigenvalue weighted by Gasteiger charge is 2.40. The van der Waals surface area contributed by atoms with Crippen LogP contribution in [0.15, 0.2) is 18.2 Å². The van der Waals surface area contributed by atoms with E-state index in [0.717, 1.165) is 0 Å². The molecule has 2 atom stereocenters. The molecule has 1 aromatic carbocycles. The van der Waals surface area contributed by atoms with E-state index in [1.807, 2.05) is 13.8 Å². The van der Waals surface area contributed by atoms with Crippen molar-refractivity contribution in [3.63, 3.8) is 0 Å². The van der Waals surface area contributed by atoms with Crippen LogP contribution in [-0.4, -0.2) is 31.0 Å². The molecule has 1 heterocycles. The molecule has 1 saturated heterocycles. The van der Waals surface area contributed by atoms with Gasteiger partial charge in [-0.15, -0.1) is 0 Å². The molecule has 1 fully saturated rings. The van der Waals surface area contributed by atoms with Gasteiger partial charge in [-0.1, -0.05) is 25.4 Å². The normalized spacial score (nSPS) is 22.5. The number of nitrogens with zero attached hydrogens (tertiary/aromatic N) is 1. The highest BCUT2D eigenvalue weighted by atomic mass is 35.5. The Bertz CT molecular complexity index is 574. The standard InChI is InChI=1S/C15H19ClN2O3/c1-8(2)13-15(20)18(9(3)14(19)17-13)10-5-6-11(16)12(7-10)21-4/h5-9,13H,1-4H3,(H,17,19). The number of carbonyl (C=O) groups is 2. The van der Waals surface area contributed by atoms with Crippen LogP contribution < -0.4 is 15.0 Å². The summed E-state index contributed by atoms with van der Waals surface area (Å²) in [6.45, 7) is 5.50. The molecular formula is C15H19ClN2O3. The second-order valence-corrected chi connectivity index (χ2v) is 5.84. The number of piperazine rings is 1. The first-order valence-corrected chi connectivity index (χ1v) is 7.21. The maximum atomic E-state index is 12.6. The van der Waals surface area contributed by atoms with Gasteiger partial charge in [0.25, 0.3) is 5.91 Å². The van der Waals surface area contributed by atoms with Crippen molar-refractivity contribution in [3.8, 4) is 5.75 Å². The van der Waals surface area contributed by atoms with Gasteiger partial charge < -0.3 is 10.1 Å². The molecule has 0 radical (unpaired) electrons. The average Bonchev–Trinajstić information content (AvgIpc) is 2.44. The quantitative estimate of drug-likeness (QED) is 0.931. The highest BCUT2D eigenvalue weighted by molar-refractivity contribution is 6.32. The largest absolute Gasteiger partial charge is 0.495 e. The monoisotopic (exact) mass is 310 g/mol. The predicted octanol–water partition coefficient (Wildman–Crippen LogP) is 2.22. The summed E-state index contributed by atoms with van der Waals surface area (Å²) in [5.41, 5.74) is 0.606. The number of anilines is 1. The fourth-order valence-electron chi connectivity index (χ4n) is 2.39. The first kappa shape index (κ1) is 15.6. The van der Waals surface area contributed by atoms with Crippen LogP contribution in [0, 0.1) is 5.92 Å². The molecule has 5 nitrogen and oxygen atoms in total. The number of carbonyl (C=O) groups excluding carboxylic acids is 2. The van der Waals surface area contributed by atoms with Gasteiger partial charge in [-0.2, -0.15) is 0 Å². The number of ether oxygens (including phenoxy) is 1. The number of amides is 2. The second kappa shape index (κ2) is 5.93. The van der Waals surface area contributed by atoms with E-state index in [2.05, 4.69) is 5.32 Å². The third kappa shape index (κ3) is 2.83. The minimum Gasteiger partial charge on any atom is -0.495 e. The van der Waals surface area contributed by atoms with Crippen LogP contribution >= 0.6 is 11.6 Å². The van der Waals surface area contributed by atoms with Crippen molar-refractivity contribution >= 4 is 29.1 Å².